The molecule has 0 bridgehead atoms. The van der Waals surface area contributed by atoms with Gasteiger partial charge in [-0.2, -0.15) is 0 Å². The summed E-state index contributed by atoms with van der Waals surface area (Å²) in [6.07, 6.45) is 3.69. The summed E-state index contributed by atoms with van der Waals surface area (Å²) in [5, 5.41) is 11.7. The number of rotatable bonds is 5. The Balaban J connectivity index is 1.48. The maximum atomic E-state index is 12.6. The second-order valence-corrected chi connectivity index (χ2v) is 7.09. The first kappa shape index (κ1) is 18.9. The number of amides is 1. The molecule has 0 radical (unpaired) electrons. The highest BCUT2D eigenvalue weighted by atomic mass is 16.5. The molecule has 4 rings (SSSR count). The normalized spacial score (nSPS) is 13.8. The zero-order valence-corrected chi connectivity index (χ0v) is 16.5. The number of aromatic nitrogens is 2. The monoisotopic (exact) mass is 388 g/mol. The molecule has 2 aromatic carbocycles. The Bertz CT molecular complexity index is 965. The highest BCUT2D eigenvalue weighted by molar-refractivity contribution is 6.04. The molecule has 6 heteroatoms. The minimum absolute atomic E-state index is 0.171. The van der Waals surface area contributed by atoms with Crippen LogP contribution in [0.3, 0.4) is 0 Å². The van der Waals surface area contributed by atoms with E-state index in [2.05, 4.69) is 20.4 Å². The van der Waals surface area contributed by atoms with Crippen molar-refractivity contribution in [2.75, 3.05) is 30.4 Å². The van der Waals surface area contributed by atoms with Gasteiger partial charge in [0.2, 0.25) is 0 Å². The molecule has 1 saturated heterocycles. The van der Waals surface area contributed by atoms with Gasteiger partial charge >= 0.3 is 0 Å². The smallest absolute Gasteiger partial charge is 0.255 e. The zero-order chi connectivity index (χ0) is 20.1. The van der Waals surface area contributed by atoms with Crippen LogP contribution in [0.2, 0.25) is 0 Å². The highest BCUT2D eigenvalue weighted by Crippen LogP contribution is 2.22. The number of hydrogen-bond donors (Lipinski definition) is 1. The van der Waals surface area contributed by atoms with Crippen molar-refractivity contribution < 1.29 is 9.53 Å². The average molecular weight is 388 g/mol. The predicted octanol–water partition coefficient (Wildman–Crippen LogP) is 4.39. The summed E-state index contributed by atoms with van der Waals surface area (Å²) in [7, 11) is 1.61. The number of methoxy groups -OCH3 is 1. The Morgan fingerprint density at radius 2 is 1.76 bits per heavy atom. The van der Waals surface area contributed by atoms with Crippen LogP contribution < -0.4 is 15.0 Å². The van der Waals surface area contributed by atoms with Gasteiger partial charge in [0.15, 0.2) is 5.82 Å². The molecule has 29 heavy (non-hydrogen) atoms. The van der Waals surface area contributed by atoms with Gasteiger partial charge in [0.05, 0.1) is 12.8 Å². The molecule has 1 aromatic heterocycles. The molecule has 3 aromatic rings. The van der Waals surface area contributed by atoms with Gasteiger partial charge in [-0.25, -0.2) is 0 Å². The van der Waals surface area contributed by atoms with Gasteiger partial charge in [-0.05, 0) is 67.8 Å². The molecule has 1 N–H and O–H groups in total. The van der Waals surface area contributed by atoms with E-state index in [9.17, 15) is 4.79 Å². The fourth-order valence-corrected chi connectivity index (χ4v) is 3.47. The van der Waals surface area contributed by atoms with Crippen LogP contribution in [0.15, 0.2) is 60.7 Å². The summed E-state index contributed by atoms with van der Waals surface area (Å²) in [4.78, 5) is 14.9. The van der Waals surface area contributed by atoms with Gasteiger partial charge in [-0.3, -0.25) is 4.79 Å². The first-order valence-electron chi connectivity index (χ1n) is 9.87. The lowest BCUT2D eigenvalue weighted by Gasteiger charge is -2.27. The van der Waals surface area contributed by atoms with Crippen molar-refractivity contribution in [1.82, 2.24) is 10.2 Å². The number of ether oxygens (including phenoxy) is 1. The molecule has 6 nitrogen and oxygen atoms in total. The van der Waals surface area contributed by atoms with E-state index in [1.165, 1.54) is 19.3 Å². The van der Waals surface area contributed by atoms with Gasteiger partial charge < -0.3 is 15.0 Å². The van der Waals surface area contributed by atoms with Gasteiger partial charge in [-0.1, -0.05) is 12.1 Å². The van der Waals surface area contributed by atoms with E-state index in [0.29, 0.717) is 11.3 Å². The standard InChI is InChI=1S/C23H24N4O2/c1-29-20-10-8-19(9-11-20)24-23(28)18-7-5-6-17(16-18)21-12-13-22(26-25-21)27-14-3-2-4-15-27/h5-13,16H,2-4,14-15H2,1H3,(H,24,28). The number of carbonyl (C=O) groups is 1. The number of nitrogens with zero attached hydrogens (tertiary/aromatic N) is 3. The van der Waals surface area contributed by atoms with E-state index in [0.717, 1.165) is 35.9 Å². The number of carbonyl (C=O) groups excluding carboxylic acids is 1. The third kappa shape index (κ3) is 4.54. The molecule has 0 saturated carbocycles. The van der Waals surface area contributed by atoms with Crippen molar-refractivity contribution in [2.45, 2.75) is 19.3 Å². The Morgan fingerprint density at radius 3 is 2.45 bits per heavy atom. The van der Waals surface area contributed by atoms with Crippen LogP contribution in [0.1, 0.15) is 29.6 Å². The average Bonchev–Trinajstić information content (AvgIpc) is 2.80. The van der Waals surface area contributed by atoms with Crippen LogP contribution in [-0.2, 0) is 0 Å². The maximum absolute atomic E-state index is 12.6. The summed E-state index contributed by atoms with van der Waals surface area (Å²) < 4.78 is 5.14. The van der Waals surface area contributed by atoms with Crippen molar-refractivity contribution in [3.8, 4) is 17.0 Å². The summed E-state index contributed by atoms with van der Waals surface area (Å²) in [5.74, 6) is 1.49. The molecule has 1 amide bonds. The molecule has 1 fully saturated rings. The van der Waals surface area contributed by atoms with Gasteiger partial charge in [0.25, 0.3) is 5.91 Å². The van der Waals surface area contributed by atoms with Crippen LogP contribution >= 0.6 is 0 Å². The predicted molar refractivity (Wildman–Crippen MR) is 114 cm³/mol. The Kier molecular flexibility index (Phi) is 5.70. The van der Waals surface area contributed by atoms with E-state index in [4.69, 9.17) is 4.74 Å². The lowest BCUT2D eigenvalue weighted by molar-refractivity contribution is 0.102. The second kappa shape index (κ2) is 8.73. The van der Waals surface area contributed by atoms with Crippen LogP contribution in [0.4, 0.5) is 11.5 Å². The quantitative estimate of drug-likeness (QED) is 0.702. The Hall–Kier alpha value is -3.41. The summed E-state index contributed by atoms with van der Waals surface area (Å²) >= 11 is 0. The lowest BCUT2D eigenvalue weighted by Crippen LogP contribution is -2.30. The number of piperidine rings is 1. The second-order valence-electron chi connectivity index (χ2n) is 7.09. The molecule has 1 aliphatic heterocycles. The SMILES string of the molecule is COc1ccc(NC(=O)c2cccc(-c3ccc(N4CCCCC4)nn3)c2)cc1. The van der Waals surface area contributed by atoms with E-state index >= 15 is 0 Å². The summed E-state index contributed by atoms with van der Waals surface area (Å²) in [5.41, 5.74) is 2.90. The molecule has 0 unspecified atom stereocenters. The van der Waals surface area contributed by atoms with Gasteiger partial charge in [-0.15, -0.1) is 10.2 Å². The molecule has 1 aliphatic rings. The van der Waals surface area contributed by atoms with Crippen molar-refractivity contribution in [2.24, 2.45) is 0 Å². The summed E-state index contributed by atoms with van der Waals surface area (Å²) in [6, 6.07) is 18.7. The minimum atomic E-state index is -0.171. The topological polar surface area (TPSA) is 67.3 Å². The number of hydrogen-bond acceptors (Lipinski definition) is 5. The molecular formula is C23H24N4O2. The fraction of sp³-hybridized carbons (Fsp3) is 0.261. The van der Waals surface area contributed by atoms with Crippen molar-refractivity contribution in [3.05, 3.63) is 66.2 Å². The highest BCUT2D eigenvalue weighted by Gasteiger charge is 2.13. The van der Waals surface area contributed by atoms with E-state index in [-0.39, 0.29) is 5.91 Å². The van der Waals surface area contributed by atoms with Crippen molar-refractivity contribution in [3.63, 3.8) is 0 Å². The molecule has 0 atom stereocenters. The van der Waals surface area contributed by atoms with E-state index in [1.807, 2.05) is 54.6 Å². The van der Waals surface area contributed by atoms with Crippen LogP contribution in [0.5, 0.6) is 5.75 Å². The van der Waals surface area contributed by atoms with Crippen LogP contribution in [0.25, 0.3) is 11.3 Å². The number of anilines is 2. The van der Waals surface area contributed by atoms with Gasteiger partial charge in [0, 0.05) is 29.9 Å². The minimum Gasteiger partial charge on any atom is -0.497 e. The van der Waals surface area contributed by atoms with Crippen molar-refractivity contribution >= 4 is 17.4 Å². The Morgan fingerprint density at radius 1 is 0.966 bits per heavy atom. The van der Waals surface area contributed by atoms with Crippen LogP contribution in [0, 0.1) is 0 Å². The van der Waals surface area contributed by atoms with Crippen LogP contribution in [-0.4, -0.2) is 36.3 Å². The molecule has 148 valence electrons. The largest absolute Gasteiger partial charge is 0.497 e. The first-order chi connectivity index (χ1) is 14.2. The first-order valence-corrected chi connectivity index (χ1v) is 9.87. The molecule has 2 heterocycles. The fourth-order valence-electron chi connectivity index (χ4n) is 3.47. The third-order valence-electron chi connectivity index (χ3n) is 5.10. The number of benzene rings is 2. The lowest BCUT2D eigenvalue weighted by atomic mass is 10.1. The van der Waals surface area contributed by atoms with Crippen molar-refractivity contribution in [1.29, 1.82) is 0 Å². The van der Waals surface area contributed by atoms with E-state index in [1.54, 1.807) is 13.2 Å². The maximum Gasteiger partial charge on any atom is 0.255 e. The molecule has 0 aliphatic carbocycles. The Labute approximate surface area is 170 Å². The third-order valence-corrected chi connectivity index (χ3v) is 5.10. The summed E-state index contributed by atoms with van der Waals surface area (Å²) in [6.45, 7) is 2.07. The molecule has 0 spiro atoms. The van der Waals surface area contributed by atoms with E-state index < -0.39 is 0 Å². The molecular weight excluding hydrogens is 364 g/mol. The van der Waals surface area contributed by atoms with Gasteiger partial charge in [0.1, 0.15) is 5.75 Å². The number of nitrogens with one attached hydrogen (secondary N) is 1. The zero-order valence-electron chi connectivity index (χ0n) is 16.5.